The van der Waals surface area contributed by atoms with E-state index in [1.807, 2.05) is 18.9 Å². The Morgan fingerprint density at radius 1 is 1.47 bits per heavy atom. The van der Waals surface area contributed by atoms with Gasteiger partial charge in [0.1, 0.15) is 11.4 Å². The van der Waals surface area contributed by atoms with Gasteiger partial charge in [-0.15, -0.1) is 0 Å². The number of aliphatic hydroxyl groups is 1. The Morgan fingerprint density at radius 2 is 2.13 bits per heavy atom. The fourth-order valence-electron chi connectivity index (χ4n) is 2.41. The molecule has 2 atom stereocenters. The minimum Gasteiger partial charge on any atom is -0.383 e. The molecule has 0 unspecified atom stereocenters. The van der Waals surface area contributed by atoms with E-state index in [0.29, 0.717) is 12.1 Å². The number of halogens is 1. The van der Waals surface area contributed by atoms with E-state index in [2.05, 4.69) is 0 Å². The van der Waals surface area contributed by atoms with Crippen molar-refractivity contribution < 1.29 is 9.50 Å². The molecule has 1 fully saturated rings. The van der Waals surface area contributed by atoms with Crippen molar-refractivity contribution in [2.24, 2.45) is 5.92 Å². The molecule has 0 spiro atoms. The number of rotatable bonds is 1. The predicted molar refractivity (Wildman–Crippen MR) is 57.0 cm³/mol. The van der Waals surface area contributed by atoms with Gasteiger partial charge in [-0.25, -0.2) is 4.39 Å². The van der Waals surface area contributed by atoms with Crippen LogP contribution >= 0.6 is 0 Å². The first-order valence-electron chi connectivity index (χ1n) is 5.20. The highest BCUT2D eigenvalue weighted by Crippen LogP contribution is 2.36. The van der Waals surface area contributed by atoms with Crippen LogP contribution in [0.15, 0.2) is 24.3 Å². The highest BCUT2D eigenvalue weighted by molar-refractivity contribution is 5.27. The van der Waals surface area contributed by atoms with Crippen LogP contribution in [0.5, 0.6) is 0 Å². The predicted octanol–water partition coefficient (Wildman–Crippen LogP) is 1.59. The van der Waals surface area contributed by atoms with Gasteiger partial charge in [0.25, 0.3) is 0 Å². The third-order valence-electron chi connectivity index (χ3n) is 3.25. The highest BCUT2D eigenvalue weighted by atomic mass is 19.1. The second kappa shape index (κ2) is 3.58. The molecule has 0 amide bonds. The van der Waals surface area contributed by atoms with Crippen molar-refractivity contribution in [3.05, 3.63) is 35.6 Å². The van der Waals surface area contributed by atoms with Crippen molar-refractivity contribution in [2.45, 2.75) is 12.5 Å². The lowest BCUT2D eigenvalue weighted by Crippen LogP contribution is -2.34. The molecule has 15 heavy (non-hydrogen) atoms. The number of benzene rings is 1. The average Bonchev–Trinajstić information content (AvgIpc) is 2.42. The normalized spacial score (nSPS) is 32.1. The van der Waals surface area contributed by atoms with Crippen LogP contribution in [0.25, 0.3) is 0 Å². The van der Waals surface area contributed by atoms with Gasteiger partial charge in [0, 0.05) is 24.6 Å². The molecule has 2 rings (SSSR count). The number of nitrogens with zero attached hydrogens (tertiary/aromatic N) is 1. The maximum Gasteiger partial charge on any atom is 0.129 e. The van der Waals surface area contributed by atoms with Crippen LogP contribution in [-0.2, 0) is 5.60 Å². The summed E-state index contributed by atoms with van der Waals surface area (Å²) in [7, 11) is 1.94. The smallest absolute Gasteiger partial charge is 0.129 e. The average molecular weight is 209 g/mol. The molecule has 0 aliphatic carbocycles. The molecule has 1 saturated heterocycles. The number of likely N-dealkylation sites (tertiary alicyclic amines) is 1. The van der Waals surface area contributed by atoms with E-state index < -0.39 is 5.60 Å². The Labute approximate surface area is 89.3 Å². The fourth-order valence-corrected chi connectivity index (χ4v) is 2.41. The second-order valence-electron chi connectivity index (χ2n) is 4.50. The van der Waals surface area contributed by atoms with E-state index in [9.17, 15) is 9.50 Å². The lowest BCUT2D eigenvalue weighted by molar-refractivity contribution is 0.0113. The maximum atomic E-state index is 13.6. The summed E-state index contributed by atoms with van der Waals surface area (Å²) in [6.07, 6.45) is 0. The Kier molecular flexibility index (Phi) is 2.52. The van der Waals surface area contributed by atoms with Crippen LogP contribution in [0.3, 0.4) is 0 Å². The monoisotopic (exact) mass is 209 g/mol. The SMILES string of the molecule is C[C@@H]1CN(C)C[C@@]1(O)c1ccccc1F. The topological polar surface area (TPSA) is 23.5 Å². The molecule has 1 N–H and O–H groups in total. The lowest BCUT2D eigenvalue weighted by Gasteiger charge is -2.27. The van der Waals surface area contributed by atoms with Gasteiger partial charge in [0.2, 0.25) is 0 Å². The third kappa shape index (κ3) is 1.66. The summed E-state index contributed by atoms with van der Waals surface area (Å²) in [6.45, 7) is 3.25. The standard InChI is InChI=1S/C12H16FNO/c1-9-7-14(2)8-12(9,15)10-5-3-4-6-11(10)13/h3-6,9,15H,7-8H2,1-2H3/t9-,12+/m1/s1. The largest absolute Gasteiger partial charge is 0.383 e. The molecule has 0 radical (unpaired) electrons. The van der Waals surface area contributed by atoms with E-state index in [1.165, 1.54) is 6.07 Å². The Hall–Kier alpha value is -0.930. The minimum atomic E-state index is -1.04. The summed E-state index contributed by atoms with van der Waals surface area (Å²) in [5, 5.41) is 10.5. The molecule has 2 nitrogen and oxygen atoms in total. The molecule has 3 heteroatoms. The maximum absolute atomic E-state index is 13.6. The number of hydrogen-bond donors (Lipinski definition) is 1. The van der Waals surface area contributed by atoms with Crippen molar-refractivity contribution in [1.29, 1.82) is 0 Å². The lowest BCUT2D eigenvalue weighted by atomic mass is 9.85. The zero-order valence-corrected chi connectivity index (χ0v) is 9.07. The van der Waals surface area contributed by atoms with Crippen molar-refractivity contribution in [1.82, 2.24) is 4.90 Å². The molecule has 1 aromatic rings. The first-order chi connectivity index (χ1) is 7.04. The Morgan fingerprint density at radius 3 is 2.67 bits per heavy atom. The van der Waals surface area contributed by atoms with E-state index in [1.54, 1.807) is 18.2 Å². The molecule has 1 aliphatic heterocycles. The molecule has 1 heterocycles. The van der Waals surface area contributed by atoms with E-state index >= 15 is 0 Å². The molecule has 0 saturated carbocycles. The second-order valence-corrected chi connectivity index (χ2v) is 4.50. The van der Waals surface area contributed by atoms with E-state index in [0.717, 1.165) is 6.54 Å². The van der Waals surface area contributed by atoms with Crippen LogP contribution in [-0.4, -0.2) is 30.1 Å². The van der Waals surface area contributed by atoms with Crippen molar-refractivity contribution >= 4 is 0 Å². The quantitative estimate of drug-likeness (QED) is 0.759. The van der Waals surface area contributed by atoms with Crippen LogP contribution in [0.2, 0.25) is 0 Å². The van der Waals surface area contributed by atoms with Gasteiger partial charge in [-0.2, -0.15) is 0 Å². The fraction of sp³-hybridized carbons (Fsp3) is 0.500. The van der Waals surface area contributed by atoms with Crippen LogP contribution < -0.4 is 0 Å². The van der Waals surface area contributed by atoms with Gasteiger partial charge in [-0.3, -0.25) is 0 Å². The molecular weight excluding hydrogens is 193 g/mol. The van der Waals surface area contributed by atoms with Crippen molar-refractivity contribution in [3.63, 3.8) is 0 Å². The Bertz CT molecular complexity index is 368. The van der Waals surface area contributed by atoms with Crippen LogP contribution in [0, 0.1) is 11.7 Å². The molecule has 0 aromatic heterocycles. The first kappa shape index (κ1) is 10.6. The summed E-state index contributed by atoms with van der Waals surface area (Å²) in [5.74, 6) is -0.262. The Balaban J connectivity index is 2.42. The molecule has 1 aliphatic rings. The molecule has 0 bridgehead atoms. The van der Waals surface area contributed by atoms with Crippen molar-refractivity contribution in [3.8, 4) is 0 Å². The first-order valence-corrected chi connectivity index (χ1v) is 5.20. The molecule has 82 valence electrons. The molecular formula is C12H16FNO. The summed E-state index contributed by atoms with van der Waals surface area (Å²) < 4.78 is 13.6. The van der Waals surface area contributed by atoms with Gasteiger partial charge >= 0.3 is 0 Å². The highest BCUT2D eigenvalue weighted by Gasteiger charge is 2.43. The summed E-state index contributed by atoms with van der Waals surface area (Å²) in [4.78, 5) is 2.02. The van der Waals surface area contributed by atoms with E-state index in [-0.39, 0.29) is 11.7 Å². The van der Waals surface area contributed by atoms with Crippen LogP contribution in [0.1, 0.15) is 12.5 Å². The third-order valence-corrected chi connectivity index (χ3v) is 3.25. The summed E-state index contributed by atoms with van der Waals surface area (Å²) in [6, 6.07) is 6.48. The van der Waals surface area contributed by atoms with Gasteiger partial charge in [-0.05, 0) is 13.1 Å². The number of hydrogen-bond acceptors (Lipinski definition) is 2. The zero-order valence-electron chi connectivity index (χ0n) is 9.07. The van der Waals surface area contributed by atoms with Crippen LogP contribution in [0.4, 0.5) is 4.39 Å². The molecule has 1 aromatic carbocycles. The summed E-state index contributed by atoms with van der Waals surface area (Å²) in [5.41, 5.74) is -0.623. The minimum absolute atomic E-state index is 0.0550. The van der Waals surface area contributed by atoms with Gasteiger partial charge < -0.3 is 10.0 Å². The summed E-state index contributed by atoms with van der Waals surface area (Å²) >= 11 is 0. The van der Waals surface area contributed by atoms with Gasteiger partial charge in [0.15, 0.2) is 0 Å². The van der Waals surface area contributed by atoms with Crippen molar-refractivity contribution in [2.75, 3.05) is 20.1 Å². The van der Waals surface area contributed by atoms with E-state index in [4.69, 9.17) is 0 Å². The number of likely N-dealkylation sites (N-methyl/N-ethyl adjacent to an activating group) is 1. The zero-order chi connectivity index (χ0) is 11.1. The van der Waals surface area contributed by atoms with Gasteiger partial charge in [0.05, 0.1) is 0 Å². The van der Waals surface area contributed by atoms with Gasteiger partial charge in [-0.1, -0.05) is 25.1 Å². The number of β-amino-alcohol motifs (C(OH)–C–C–N with tert-alkyl or cyclic N) is 1.